The number of benzene rings is 1. The number of hydrogen-bond donors (Lipinski definition) is 1. The smallest absolute Gasteiger partial charge is 0.328 e. The van der Waals surface area contributed by atoms with Crippen LogP contribution in [-0.4, -0.2) is 23.5 Å². The van der Waals surface area contributed by atoms with Crippen molar-refractivity contribution in [2.24, 2.45) is 0 Å². The van der Waals surface area contributed by atoms with E-state index in [-0.39, 0.29) is 11.7 Å². The standard InChI is InChI=1S/C11H12N2O4/c1-2-17-11(14)10-5-7-3-4-8(13(15)16)6-9(7)12-10/h3-4,6,10,12H,2,5H2,1H3/t10-/m1/s1. The third kappa shape index (κ3) is 2.20. The predicted octanol–water partition coefficient (Wildman–Crippen LogP) is 1.49. The van der Waals surface area contributed by atoms with Gasteiger partial charge in [0.1, 0.15) is 6.04 Å². The summed E-state index contributed by atoms with van der Waals surface area (Å²) in [6, 6.07) is 4.11. The monoisotopic (exact) mass is 236 g/mol. The molecule has 0 aliphatic carbocycles. The molecular formula is C11H12N2O4. The molecule has 1 aromatic carbocycles. The zero-order valence-electron chi connectivity index (χ0n) is 9.30. The average molecular weight is 236 g/mol. The molecule has 0 unspecified atom stereocenters. The maximum atomic E-state index is 11.5. The lowest BCUT2D eigenvalue weighted by molar-refractivity contribution is -0.384. The van der Waals surface area contributed by atoms with Crippen molar-refractivity contribution >= 4 is 17.3 Å². The van der Waals surface area contributed by atoms with Crippen molar-refractivity contribution in [3.8, 4) is 0 Å². The second-order valence-electron chi connectivity index (χ2n) is 3.75. The average Bonchev–Trinajstić information content (AvgIpc) is 2.71. The van der Waals surface area contributed by atoms with Crippen LogP contribution in [0.3, 0.4) is 0 Å². The highest BCUT2D eigenvalue weighted by atomic mass is 16.6. The molecule has 0 saturated heterocycles. The minimum absolute atomic E-state index is 0.0146. The van der Waals surface area contributed by atoms with E-state index in [0.29, 0.717) is 18.7 Å². The molecule has 0 fully saturated rings. The Hall–Kier alpha value is -2.11. The zero-order chi connectivity index (χ0) is 12.4. The number of anilines is 1. The molecule has 0 bridgehead atoms. The van der Waals surface area contributed by atoms with E-state index in [4.69, 9.17) is 4.74 Å². The number of hydrogen-bond acceptors (Lipinski definition) is 5. The van der Waals surface area contributed by atoms with Gasteiger partial charge in [-0.2, -0.15) is 0 Å². The Kier molecular flexibility index (Phi) is 2.95. The van der Waals surface area contributed by atoms with Gasteiger partial charge in [-0.05, 0) is 12.5 Å². The third-order valence-electron chi connectivity index (χ3n) is 2.63. The van der Waals surface area contributed by atoms with Crippen molar-refractivity contribution in [2.45, 2.75) is 19.4 Å². The molecule has 6 heteroatoms. The van der Waals surface area contributed by atoms with Crippen LogP contribution < -0.4 is 5.32 Å². The van der Waals surface area contributed by atoms with E-state index in [1.165, 1.54) is 12.1 Å². The zero-order valence-corrected chi connectivity index (χ0v) is 9.30. The van der Waals surface area contributed by atoms with Gasteiger partial charge in [0, 0.05) is 24.2 Å². The first-order chi connectivity index (χ1) is 8.11. The van der Waals surface area contributed by atoms with E-state index in [1.807, 2.05) is 0 Å². The summed E-state index contributed by atoms with van der Waals surface area (Å²) < 4.78 is 4.90. The van der Waals surface area contributed by atoms with E-state index < -0.39 is 11.0 Å². The summed E-state index contributed by atoms with van der Waals surface area (Å²) in [7, 11) is 0. The summed E-state index contributed by atoms with van der Waals surface area (Å²) in [6.45, 7) is 2.07. The highest BCUT2D eigenvalue weighted by Crippen LogP contribution is 2.29. The quantitative estimate of drug-likeness (QED) is 0.488. The van der Waals surface area contributed by atoms with Crippen LogP contribution in [0, 0.1) is 10.1 Å². The van der Waals surface area contributed by atoms with Gasteiger partial charge in [-0.25, -0.2) is 4.79 Å². The first kappa shape index (κ1) is 11.4. The number of carbonyl (C=O) groups excluding carboxylic acids is 1. The maximum absolute atomic E-state index is 11.5. The van der Waals surface area contributed by atoms with E-state index in [9.17, 15) is 14.9 Å². The van der Waals surface area contributed by atoms with Gasteiger partial charge in [-0.3, -0.25) is 10.1 Å². The molecule has 1 heterocycles. The number of non-ortho nitro benzene ring substituents is 1. The van der Waals surface area contributed by atoms with Crippen molar-refractivity contribution in [3.05, 3.63) is 33.9 Å². The van der Waals surface area contributed by atoms with Gasteiger partial charge in [-0.15, -0.1) is 0 Å². The molecule has 90 valence electrons. The SMILES string of the molecule is CCOC(=O)[C@H]1Cc2ccc([N+](=O)[O-])cc2N1. The third-order valence-corrected chi connectivity index (χ3v) is 2.63. The molecule has 1 aliphatic rings. The lowest BCUT2D eigenvalue weighted by Gasteiger charge is -2.09. The Bertz CT molecular complexity index is 473. The molecule has 1 aromatic rings. The van der Waals surface area contributed by atoms with Crippen molar-refractivity contribution < 1.29 is 14.5 Å². The van der Waals surface area contributed by atoms with E-state index in [2.05, 4.69) is 5.32 Å². The summed E-state index contributed by atoms with van der Waals surface area (Å²) >= 11 is 0. The Balaban J connectivity index is 2.16. The Labute approximate surface area is 97.7 Å². The highest BCUT2D eigenvalue weighted by Gasteiger charge is 2.28. The van der Waals surface area contributed by atoms with Crippen molar-refractivity contribution in [1.29, 1.82) is 0 Å². The van der Waals surface area contributed by atoms with E-state index >= 15 is 0 Å². The molecule has 0 spiro atoms. The number of esters is 1. The molecular weight excluding hydrogens is 224 g/mol. The van der Waals surface area contributed by atoms with Crippen LogP contribution in [0.15, 0.2) is 18.2 Å². The van der Waals surface area contributed by atoms with Crippen molar-refractivity contribution in [3.63, 3.8) is 0 Å². The minimum atomic E-state index is -0.459. The second kappa shape index (κ2) is 4.40. The van der Waals surface area contributed by atoms with Gasteiger partial charge in [0.25, 0.3) is 5.69 Å². The van der Waals surface area contributed by atoms with Crippen molar-refractivity contribution in [2.75, 3.05) is 11.9 Å². The Morgan fingerprint density at radius 2 is 2.41 bits per heavy atom. The molecule has 0 aromatic heterocycles. The number of carbonyl (C=O) groups is 1. The van der Waals surface area contributed by atoms with Gasteiger partial charge in [0.05, 0.1) is 11.5 Å². The largest absolute Gasteiger partial charge is 0.464 e. The normalized spacial score (nSPS) is 17.1. The summed E-state index contributed by atoms with van der Waals surface area (Å²) in [6.07, 6.45) is 0.506. The van der Waals surface area contributed by atoms with Crippen LogP contribution in [-0.2, 0) is 16.0 Å². The fourth-order valence-corrected chi connectivity index (χ4v) is 1.83. The summed E-state index contributed by atoms with van der Waals surface area (Å²) in [5, 5.41) is 13.5. The van der Waals surface area contributed by atoms with Crippen LogP contribution in [0.5, 0.6) is 0 Å². The summed E-state index contributed by atoms with van der Waals surface area (Å²) in [5.41, 5.74) is 1.55. The molecule has 0 saturated carbocycles. The molecule has 0 radical (unpaired) electrons. The lowest BCUT2D eigenvalue weighted by Crippen LogP contribution is -2.28. The first-order valence-electron chi connectivity index (χ1n) is 5.32. The molecule has 1 N–H and O–H groups in total. The second-order valence-corrected chi connectivity index (χ2v) is 3.75. The molecule has 1 atom stereocenters. The number of ether oxygens (including phenoxy) is 1. The fourth-order valence-electron chi connectivity index (χ4n) is 1.83. The number of nitro groups is 1. The Morgan fingerprint density at radius 3 is 3.06 bits per heavy atom. The number of nitro benzene ring substituents is 1. The number of nitrogens with zero attached hydrogens (tertiary/aromatic N) is 1. The number of fused-ring (bicyclic) bond motifs is 1. The van der Waals surface area contributed by atoms with Crippen molar-refractivity contribution in [1.82, 2.24) is 0 Å². The van der Waals surface area contributed by atoms with Gasteiger partial charge < -0.3 is 10.1 Å². The molecule has 0 amide bonds. The van der Waals surface area contributed by atoms with Gasteiger partial charge in [0.2, 0.25) is 0 Å². The summed E-state index contributed by atoms with van der Waals surface area (Å²) in [5.74, 6) is -0.327. The van der Waals surface area contributed by atoms with Gasteiger partial charge >= 0.3 is 5.97 Å². The molecule has 1 aliphatic heterocycles. The van der Waals surface area contributed by atoms with Crippen LogP contribution in [0.1, 0.15) is 12.5 Å². The molecule has 2 rings (SSSR count). The summed E-state index contributed by atoms with van der Waals surface area (Å²) in [4.78, 5) is 21.7. The topological polar surface area (TPSA) is 81.5 Å². The van der Waals surface area contributed by atoms with Gasteiger partial charge in [-0.1, -0.05) is 6.07 Å². The maximum Gasteiger partial charge on any atom is 0.328 e. The lowest BCUT2D eigenvalue weighted by atomic mass is 10.1. The molecule has 17 heavy (non-hydrogen) atoms. The first-order valence-corrected chi connectivity index (χ1v) is 5.32. The van der Waals surface area contributed by atoms with Crippen LogP contribution in [0.4, 0.5) is 11.4 Å². The van der Waals surface area contributed by atoms with Gasteiger partial charge in [0.15, 0.2) is 0 Å². The number of rotatable bonds is 3. The van der Waals surface area contributed by atoms with Crippen LogP contribution >= 0.6 is 0 Å². The van der Waals surface area contributed by atoms with Crippen LogP contribution in [0.25, 0.3) is 0 Å². The fraction of sp³-hybridized carbons (Fsp3) is 0.364. The van der Waals surface area contributed by atoms with Crippen LogP contribution in [0.2, 0.25) is 0 Å². The minimum Gasteiger partial charge on any atom is -0.464 e. The Morgan fingerprint density at radius 1 is 1.65 bits per heavy atom. The highest BCUT2D eigenvalue weighted by molar-refractivity contribution is 5.83. The van der Waals surface area contributed by atoms with E-state index in [0.717, 1.165) is 5.56 Å². The van der Waals surface area contributed by atoms with E-state index in [1.54, 1.807) is 13.0 Å². The molecule has 6 nitrogen and oxygen atoms in total. The predicted molar refractivity (Wildman–Crippen MR) is 60.8 cm³/mol. The number of nitrogens with one attached hydrogen (secondary N) is 1.